The van der Waals surface area contributed by atoms with E-state index < -0.39 is 0 Å². The van der Waals surface area contributed by atoms with Crippen LogP contribution in [0.4, 0.5) is 5.69 Å². The first-order valence-corrected chi connectivity index (χ1v) is 8.40. The van der Waals surface area contributed by atoms with Crippen molar-refractivity contribution < 1.29 is 14.3 Å². The van der Waals surface area contributed by atoms with Gasteiger partial charge in [-0.1, -0.05) is 23.7 Å². The Labute approximate surface area is 155 Å². The Morgan fingerprint density at radius 2 is 2.12 bits per heavy atom. The third kappa shape index (κ3) is 4.20. The summed E-state index contributed by atoms with van der Waals surface area (Å²) in [5.74, 6) is -0.450. The van der Waals surface area contributed by atoms with E-state index in [1.54, 1.807) is 47.4 Å². The largest absolute Gasteiger partial charge is 0.365 e. The molecule has 1 atom stereocenters. The standard InChI is InChI=1S/C19H16ClN3O3/c20-15-5-2-6-16(8-15)23-11-17(26-12-18(23)24)10-22-19(25)14-4-1-3-13(7-14)9-21/h1-8,17H,10-12H2,(H,22,25). The fourth-order valence-corrected chi connectivity index (χ4v) is 2.87. The van der Waals surface area contributed by atoms with Crippen LogP contribution in [-0.2, 0) is 9.53 Å². The second-order valence-electron chi connectivity index (χ2n) is 5.82. The van der Waals surface area contributed by atoms with Gasteiger partial charge in [0.1, 0.15) is 6.61 Å². The average Bonchev–Trinajstić information content (AvgIpc) is 2.67. The molecular weight excluding hydrogens is 354 g/mol. The molecule has 7 heteroatoms. The second-order valence-corrected chi connectivity index (χ2v) is 6.26. The summed E-state index contributed by atoms with van der Waals surface area (Å²) < 4.78 is 5.51. The maximum atomic E-state index is 12.2. The SMILES string of the molecule is N#Cc1cccc(C(=O)NCC2CN(c3cccc(Cl)c3)C(=O)CO2)c1. The lowest BCUT2D eigenvalue weighted by Crippen LogP contribution is -2.50. The zero-order chi connectivity index (χ0) is 18.5. The summed E-state index contributed by atoms with van der Waals surface area (Å²) in [6, 6.07) is 15.5. The molecular formula is C19H16ClN3O3. The molecule has 0 aromatic heterocycles. The predicted molar refractivity (Wildman–Crippen MR) is 97.0 cm³/mol. The van der Waals surface area contributed by atoms with Crippen molar-refractivity contribution in [2.24, 2.45) is 0 Å². The number of morpholine rings is 1. The summed E-state index contributed by atoms with van der Waals surface area (Å²) in [6.45, 7) is 0.509. The van der Waals surface area contributed by atoms with Crippen LogP contribution in [0, 0.1) is 11.3 Å². The molecule has 0 saturated carbocycles. The lowest BCUT2D eigenvalue weighted by molar-refractivity contribution is -0.129. The summed E-state index contributed by atoms with van der Waals surface area (Å²) >= 11 is 5.99. The van der Waals surface area contributed by atoms with Crippen molar-refractivity contribution in [2.75, 3.05) is 24.6 Å². The van der Waals surface area contributed by atoms with Gasteiger partial charge in [-0.2, -0.15) is 5.26 Å². The van der Waals surface area contributed by atoms with Crippen LogP contribution in [0.5, 0.6) is 0 Å². The van der Waals surface area contributed by atoms with Gasteiger partial charge in [-0.15, -0.1) is 0 Å². The molecule has 0 aliphatic carbocycles. The van der Waals surface area contributed by atoms with E-state index >= 15 is 0 Å². The summed E-state index contributed by atoms with van der Waals surface area (Å²) in [7, 11) is 0. The van der Waals surface area contributed by atoms with Crippen LogP contribution in [-0.4, -0.2) is 37.6 Å². The van der Waals surface area contributed by atoms with Gasteiger partial charge < -0.3 is 15.0 Å². The number of benzene rings is 2. The highest BCUT2D eigenvalue weighted by Gasteiger charge is 2.27. The van der Waals surface area contributed by atoms with Gasteiger partial charge >= 0.3 is 0 Å². The van der Waals surface area contributed by atoms with E-state index in [4.69, 9.17) is 21.6 Å². The van der Waals surface area contributed by atoms with E-state index in [1.807, 2.05) is 6.07 Å². The zero-order valence-electron chi connectivity index (χ0n) is 13.8. The number of halogens is 1. The third-order valence-electron chi connectivity index (χ3n) is 3.99. The number of carbonyl (C=O) groups excluding carboxylic acids is 2. The van der Waals surface area contributed by atoms with Crippen LogP contribution in [0.1, 0.15) is 15.9 Å². The number of anilines is 1. The van der Waals surface area contributed by atoms with Crippen LogP contribution < -0.4 is 10.2 Å². The highest BCUT2D eigenvalue weighted by atomic mass is 35.5. The normalized spacial score (nSPS) is 16.8. The molecule has 0 radical (unpaired) electrons. The molecule has 1 N–H and O–H groups in total. The van der Waals surface area contributed by atoms with Crippen LogP contribution in [0.3, 0.4) is 0 Å². The van der Waals surface area contributed by atoms with Crippen molar-refractivity contribution >= 4 is 29.1 Å². The van der Waals surface area contributed by atoms with Gasteiger partial charge in [0, 0.05) is 22.8 Å². The number of ether oxygens (including phenoxy) is 1. The number of nitriles is 1. The monoisotopic (exact) mass is 369 g/mol. The molecule has 3 rings (SSSR count). The molecule has 1 aliphatic heterocycles. The van der Waals surface area contributed by atoms with E-state index in [9.17, 15) is 9.59 Å². The molecule has 26 heavy (non-hydrogen) atoms. The molecule has 1 saturated heterocycles. The molecule has 2 aromatic carbocycles. The first kappa shape index (κ1) is 17.9. The molecule has 0 bridgehead atoms. The van der Waals surface area contributed by atoms with E-state index in [-0.39, 0.29) is 31.1 Å². The molecule has 2 aromatic rings. The fraction of sp³-hybridized carbons (Fsp3) is 0.211. The van der Waals surface area contributed by atoms with Crippen LogP contribution in [0.15, 0.2) is 48.5 Å². The van der Waals surface area contributed by atoms with Crippen molar-refractivity contribution in [2.45, 2.75) is 6.10 Å². The Morgan fingerprint density at radius 1 is 1.31 bits per heavy atom. The summed E-state index contributed by atoms with van der Waals surface area (Å²) in [4.78, 5) is 26.0. The molecule has 6 nitrogen and oxygen atoms in total. The van der Waals surface area contributed by atoms with E-state index in [1.165, 1.54) is 6.07 Å². The topological polar surface area (TPSA) is 82.4 Å². The molecule has 1 unspecified atom stereocenters. The van der Waals surface area contributed by atoms with E-state index in [2.05, 4.69) is 5.32 Å². The molecule has 1 heterocycles. The predicted octanol–water partition coefficient (Wildman–Crippen LogP) is 2.37. The fourth-order valence-electron chi connectivity index (χ4n) is 2.68. The first-order chi connectivity index (χ1) is 12.6. The van der Waals surface area contributed by atoms with Crippen LogP contribution in [0.2, 0.25) is 5.02 Å². The second kappa shape index (κ2) is 8.00. The Morgan fingerprint density at radius 3 is 2.88 bits per heavy atom. The van der Waals surface area contributed by atoms with Crippen molar-refractivity contribution in [1.29, 1.82) is 5.26 Å². The van der Waals surface area contributed by atoms with Crippen molar-refractivity contribution in [3.05, 3.63) is 64.7 Å². The van der Waals surface area contributed by atoms with E-state index in [0.717, 1.165) is 0 Å². The van der Waals surface area contributed by atoms with Gasteiger partial charge in [0.15, 0.2) is 0 Å². The van der Waals surface area contributed by atoms with Gasteiger partial charge in [0.05, 0.1) is 24.3 Å². The smallest absolute Gasteiger partial charge is 0.253 e. The number of hydrogen-bond acceptors (Lipinski definition) is 4. The molecule has 2 amide bonds. The molecule has 1 aliphatic rings. The van der Waals surface area contributed by atoms with Gasteiger partial charge in [-0.05, 0) is 36.4 Å². The number of hydrogen-bond donors (Lipinski definition) is 1. The third-order valence-corrected chi connectivity index (χ3v) is 4.23. The van der Waals surface area contributed by atoms with Crippen LogP contribution in [0.25, 0.3) is 0 Å². The number of nitrogens with one attached hydrogen (secondary N) is 1. The van der Waals surface area contributed by atoms with Gasteiger partial charge in [0.2, 0.25) is 0 Å². The lowest BCUT2D eigenvalue weighted by atomic mass is 10.1. The van der Waals surface area contributed by atoms with Gasteiger partial charge in [-0.25, -0.2) is 0 Å². The number of nitrogens with zero attached hydrogens (tertiary/aromatic N) is 2. The summed E-state index contributed by atoms with van der Waals surface area (Å²) in [5, 5.41) is 12.2. The number of carbonyl (C=O) groups is 2. The Hall–Kier alpha value is -2.88. The number of amides is 2. The quantitative estimate of drug-likeness (QED) is 0.897. The van der Waals surface area contributed by atoms with Gasteiger partial charge in [0.25, 0.3) is 11.8 Å². The van der Waals surface area contributed by atoms with Crippen LogP contribution >= 0.6 is 11.6 Å². The highest BCUT2D eigenvalue weighted by molar-refractivity contribution is 6.30. The Balaban J connectivity index is 1.62. The minimum absolute atomic E-state index is 0.0586. The Bertz CT molecular complexity index is 878. The van der Waals surface area contributed by atoms with E-state index in [0.29, 0.717) is 28.4 Å². The highest BCUT2D eigenvalue weighted by Crippen LogP contribution is 2.22. The Kier molecular flexibility index (Phi) is 5.52. The lowest BCUT2D eigenvalue weighted by Gasteiger charge is -2.33. The maximum Gasteiger partial charge on any atom is 0.253 e. The molecule has 0 spiro atoms. The average molecular weight is 370 g/mol. The first-order valence-electron chi connectivity index (χ1n) is 8.02. The maximum absolute atomic E-state index is 12.2. The minimum Gasteiger partial charge on any atom is -0.365 e. The van der Waals surface area contributed by atoms with Crippen molar-refractivity contribution in [3.63, 3.8) is 0 Å². The van der Waals surface area contributed by atoms with Gasteiger partial charge in [-0.3, -0.25) is 9.59 Å². The van der Waals surface area contributed by atoms with Crippen molar-refractivity contribution in [3.8, 4) is 6.07 Å². The summed E-state index contributed by atoms with van der Waals surface area (Å²) in [6.07, 6.45) is -0.338. The van der Waals surface area contributed by atoms with Crippen molar-refractivity contribution in [1.82, 2.24) is 5.32 Å². The molecule has 1 fully saturated rings. The minimum atomic E-state index is -0.338. The summed E-state index contributed by atoms with van der Waals surface area (Å²) in [5.41, 5.74) is 1.52. The molecule has 132 valence electrons. The zero-order valence-corrected chi connectivity index (χ0v) is 14.6. The number of rotatable bonds is 4.